The van der Waals surface area contributed by atoms with Crippen LogP contribution in [0.3, 0.4) is 0 Å². The summed E-state index contributed by atoms with van der Waals surface area (Å²) in [5.41, 5.74) is 7.14. The molecule has 0 bridgehead atoms. The lowest BCUT2D eigenvalue weighted by molar-refractivity contribution is 0.698. The third-order valence-electron chi connectivity index (χ3n) is 2.50. The Morgan fingerprint density at radius 3 is 2.41 bits per heavy atom. The average molecular weight is 245 g/mol. The largest absolute Gasteiger partial charge is 0.324 e. The summed E-state index contributed by atoms with van der Waals surface area (Å²) < 4.78 is 0. The zero-order valence-corrected chi connectivity index (χ0v) is 10.5. The van der Waals surface area contributed by atoms with Crippen LogP contribution in [-0.4, -0.2) is 9.97 Å². The Kier molecular flexibility index (Phi) is 4.12. The molecule has 1 aromatic carbocycles. The van der Waals surface area contributed by atoms with Gasteiger partial charge in [0.25, 0.3) is 0 Å². The van der Waals surface area contributed by atoms with E-state index in [1.54, 1.807) is 24.2 Å². The smallest absolute Gasteiger partial charge is 0.192 e. The second kappa shape index (κ2) is 5.80. The number of aromatic nitrogens is 2. The summed E-state index contributed by atoms with van der Waals surface area (Å²) in [5.74, 6) is 0. The zero-order valence-electron chi connectivity index (χ0n) is 9.71. The van der Waals surface area contributed by atoms with Crippen molar-refractivity contribution in [3.63, 3.8) is 0 Å². The molecule has 88 valence electrons. The van der Waals surface area contributed by atoms with Gasteiger partial charge in [0, 0.05) is 23.3 Å². The monoisotopic (exact) mass is 245 g/mol. The highest BCUT2D eigenvalue weighted by Crippen LogP contribution is 2.25. The number of hydrogen-bond donors (Lipinski definition) is 1. The summed E-state index contributed by atoms with van der Waals surface area (Å²) in [7, 11) is 0. The summed E-state index contributed by atoms with van der Waals surface area (Å²) in [6.07, 6.45) is 4.45. The van der Waals surface area contributed by atoms with Gasteiger partial charge in [-0.05, 0) is 41.9 Å². The van der Waals surface area contributed by atoms with Crippen molar-refractivity contribution >= 4 is 11.8 Å². The normalized spacial score (nSPS) is 12.4. The van der Waals surface area contributed by atoms with Gasteiger partial charge >= 0.3 is 0 Å². The first kappa shape index (κ1) is 12.1. The van der Waals surface area contributed by atoms with E-state index < -0.39 is 0 Å². The number of nitrogens with two attached hydrogens (primary N) is 1. The van der Waals surface area contributed by atoms with Gasteiger partial charge in [-0.25, -0.2) is 9.97 Å². The predicted molar refractivity (Wildman–Crippen MR) is 69.8 cm³/mol. The molecule has 1 aromatic heterocycles. The van der Waals surface area contributed by atoms with Crippen molar-refractivity contribution in [3.8, 4) is 0 Å². The summed E-state index contributed by atoms with van der Waals surface area (Å²) in [4.78, 5) is 9.48. The maximum atomic E-state index is 5.97. The maximum Gasteiger partial charge on any atom is 0.192 e. The van der Waals surface area contributed by atoms with Crippen LogP contribution in [0.2, 0.25) is 0 Å². The lowest BCUT2D eigenvalue weighted by Gasteiger charge is -2.09. The highest BCUT2D eigenvalue weighted by molar-refractivity contribution is 7.99. The number of rotatable bonds is 4. The molecular formula is C13H15N3S. The van der Waals surface area contributed by atoms with Crippen molar-refractivity contribution in [3.05, 3.63) is 48.3 Å². The van der Waals surface area contributed by atoms with Crippen molar-refractivity contribution in [2.75, 3.05) is 0 Å². The van der Waals surface area contributed by atoms with Crippen LogP contribution in [0.15, 0.2) is 52.8 Å². The maximum absolute atomic E-state index is 5.97. The molecule has 2 aromatic rings. The van der Waals surface area contributed by atoms with Gasteiger partial charge in [0.1, 0.15) is 0 Å². The quantitative estimate of drug-likeness (QED) is 0.841. The Balaban J connectivity index is 2.08. The van der Waals surface area contributed by atoms with Crippen LogP contribution in [0.5, 0.6) is 0 Å². The van der Waals surface area contributed by atoms with Gasteiger partial charge in [-0.15, -0.1) is 0 Å². The third-order valence-corrected chi connectivity index (χ3v) is 3.40. The highest BCUT2D eigenvalue weighted by Gasteiger charge is 2.04. The SMILES string of the molecule is CC[C@@H](N)c1ccc(Sc2ncccn2)cc1. The van der Waals surface area contributed by atoms with Crippen LogP contribution >= 0.6 is 11.8 Å². The van der Waals surface area contributed by atoms with E-state index in [0.29, 0.717) is 0 Å². The van der Waals surface area contributed by atoms with Crippen molar-refractivity contribution in [1.82, 2.24) is 9.97 Å². The molecule has 17 heavy (non-hydrogen) atoms. The Hall–Kier alpha value is -1.39. The van der Waals surface area contributed by atoms with Gasteiger partial charge in [0.15, 0.2) is 5.16 Å². The van der Waals surface area contributed by atoms with Crippen LogP contribution in [0.4, 0.5) is 0 Å². The van der Waals surface area contributed by atoms with Crippen molar-refractivity contribution < 1.29 is 0 Å². The molecule has 2 N–H and O–H groups in total. The van der Waals surface area contributed by atoms with Crippen molar-refractivity contribution in [2.24, 2.45) is 5.73 Å². The molecule has 0 radical (unpaired) electrons. The third kappa shape index (κ3) is 3.28. The molecule has 1 atom stereocenters. The van der Waals surface area contributed by atoms with Gasteiger partial charge in [-0.2, -0.15) is 0 Å². The summed E-state index contributed by atoms with van der Waals surface area (Å²) in [6, 6.07) is 10.2. The molecule has 0 saturated carbocycles. The lowest BCUT2D eigenvalue weighted by Crippen LogP contribution is -2.07. The molecule has 0 unspecified atom stereocenters. The molecule has 0 aliphatic heterocycles. The standard InChI is InChI=1S/C13H15N3S/c1-2-12(14)10-4-6-11(7-5-10)17-13-15-8-3-9-16-13/h3-9,12H,2,14H2,1H3/t12-/m1/s1. The van der Waals surface area contributed by atoms with Crippen LogP contribution < -0.4 is 5.73 Å². The first-order valence-corrected chi connectivity index (χ1v) is 6.41. The number of nitrogens with zero attached hydrogens (tertiary/aromatic N) is 2. The first-order valence-electron chi connectivity index (χ1n) is 5.60. The fourth-order valence-corrected chi connectivity index (χ4v) is 2.17. The molecule has 1 heterocycles. The molecular weight excluding hydrogens is 230 g/mol. The summed E-state index contributed by atoms with van der Waals surface area (Å²) in [5, 5.41) is 0.764. The van der Waals surface area contributed by atoms with E-state index >= 15 is 0 Å². The minimum Gasteiger partial charge on any atom is -0.324 e. The van der Waals surface area contributed by atoms with E-state index in [2.05, 4.69) is 41.2 Å². The van der Waals surface area contributed by atoms with E-state index in [1.165, 1.54) is 5.56 Å². The Labute approximate surface area is 105 Å². The molecule has 0 aliphatic rings. The minimum absolute atomic E-state index is 0.127. The number of hydrogen-bond acceptors (Lipinski definition) is 4. The summed E-state index contributed by atoms with van der Waals surface area (Å²) >= 11 is 1.55. The van der Waals surface area contributed by atoms with Crippen molar-refractivity contribution in [1.29, 1.82) is 0 Å². The van der Waals surface area contributed by atoms with E-state index in [-0.39, 0.29) is 6.04 Å². The molecule has 0 saturated heterocycles. The van der Waals surface area contributed by atoms with Gasteiger partial charge in [-0.3, -0.25) is 0 Å². The molecule has 0 aliphatic carbocycles. The van der Waals surface area contributed by atoms with E-state index in [9.17, 15) is 0 Å². The van der Waals surface area contributed by atoms with Gasteiger partial charge in [0.2, 0.25) is 0 Å². The molecule has 2 rings (SSSR count). The average Bonchev–Trinajstić information content (AvgIpc) is 2.40. The fraction of sp³-hybridized carbons (Fsp3) is 0.231. The Morgan fingerprint density at radius 2 is 1.82 bits per heavy atom. The summed E-state index contributed by atoms with van der Waals surface area (Å²) in [6.45, 7) is 2.09. The van der Waals surface area contributed by atoms with Gasteiger partial charge < -0.3 is 5.73 Å². The highest BCUT2D eigenvalue weighted by atomic mass is 32.2. The van der Waals surface area contributed by atoms with Gasteiger partial charge in [0.05, 0.1) is 0 Å². The predicted octanol–water partition coefficient (Wildman–Crippen LogP) is 3.04. The lowest BCUT2D eigenvalue weighted by atomic mass is 10.1. The molecule has 0 spiro atoms. The van der Waals surface area contributed by atoms with Gasteiger partial charge in [-0.1, -0.05) is 19.1 Å². The molecule has 0 amide bonds. The fourth-order valence-electron chi connectivity index (χ4n) is 1.46. The molecule has 4 heteroatoms. The first-order chi connectivity index (χ1) is 8.29. The molecule has 3 nitrogen and oxygen atoms in total. The second-order valence-electron chi connectivity index (χ2n) is 3.72. The van der Waals surface area contributed by atoms with E-state index in [1.807, 2.05) is 6.07 Å². The zero-order chi connectivity index (χ0) is 12.1. The van der Waals surface area contributed by atoms with Crippen molar-refractivity contribution in [2.45, 2.75) is 29.4 Å². The van der Waals surface area contributed by atoms with Crippen LogP contribution in [0.1, 0.15) is 24.9 Å². The Morgan fingerprint density at radius 1 is 1.18 bits per heavy atom. The second-order valence-corrected chi connectivity index (χ2v) is 4.76. The van der Waals surface area contributed by atoms with Crippen LogP contribution in [0.25, 0.3) is 0 Å². The number of benzene rings is 1. The van der Waals surface area contributed by atoms with E-state index in [0.717, 1.165) is 16.5 Å². The van der Waals surface area contributed by atoms with Crippen LogP contribution in [0, 0.1) is 0 Å². The topological polar surface area (TPSA) is 51.8 Å². The molecule has 0 fully saturated rings. The Bertz CT molecular complexity index is 456. The minimum atomic E-state index is 0.127. The van der Waals surface area contributed by atoms with Crippen LogP contribution in [-0.2, 0) is 0 Å². The van der Waals surface area contributed by atoms with E-state index in [4.69, 9.17) is 5.73 Å².